The Morgan fingerprint density at radius 1 is 1.27 bits per heavy atom. The summed E-state index contributed by atoms with van der Waals surface area (Å²) in [4.78, 5) is 11.3. The van der Waals surface area contributed by atoms with Gasteiger partial charge in [0.05, 0.1) is 12.1 Å². The van der Waals surface area contributed by atoms with Crippen LogP contribution in [0, 0.1) is 0 Å². The van der Waals surface area contributed by atoms with Gasteiger partial charge in [0.1, 0.15) is 0 Å². The van der Waals surface area contributed by atoms with Gasteiger partial charge in [0.2, 0.25) is 5.91 Å². The molecule has 0 heterocycles. The zero-order valence-electron chi connectivity index (χ0n) is 8.94. The Balaban J connectivity index is 0.00000196. The Morgan fingerprint density at radius 2 is 1.80 bits per heavy atom. The number of carbonyl (C=O) groups is 1. The number of amides is 1. The van der Waals surface area contributed by atoms with E-state index in [1.54, 1.807) is 6.92 Å². The van der Waals surface area contributed by atoms with Crippen LogP contribution in [0.15, 0.2) is 30.3 Å². The molecule has 0 unspecified atom stereocenters. The van der Waals surface area contributed by atoms with E-state index in [4.69, 9.17) is 5.73 Å². The highest BCUT2D eigenvalue weighted by Crippen LogP contribution is 2.10. The molecule has 0 aliphatic carbocycles. The van der Waals surface area contributed by atoms with Crippen molar-refractivity contribution in [3.8, 4) is 0 Å². The molecule has 0 fully saturated rings. The maximum atomic E-state index is 11.3. The van der Waals surface area contributed by atoms with E-state index in [1.165, 1.54) is 0 Å². The monoisotopic (exact) mass is 228 g/mol. The third-order valence-electron chi connectivity index (χ3n) is 2.07. The van der Waals surface area contributed by atoms with Crippen LogP contribution in [0.25, 0.3) is 0 Å². The quantitative estimate of drug-likeness (QED) is 0.827. The first kappa shape index (κ1) is 13.9. The van der Waals surface area contributed by atoms with Gasteiger partial charge in [-0.2, -0.15) is 0 Å². The van der Waals surface area contributed by atoms with Gasteiger partial charge >= 0.3 is 0 Å². The maximum Gasteiger partial charge on any atom is 0.237 e. The number of halogens is 1. The molecule has 84 valence electrons. The SMILES string of the molecule is C[C@H](N)C(=O)N[C@H](C)c1ccccc1.Cl. The van der Waals surface area contributed by atoms with Crippen molar-refractivity contribution in [3.63, 3.8) is 0 Å². The second-order valence-corrected chi connectivity index (χ2v) is 3.43. The fourth-order valence-electron chi connectivity index (χ4n) is 1.17. The van der Waals surface area contributed by atoms with Crippen molar-refractivity contribution >= 4 is 18.3 Å². The van der Waals surface area contributed by atoms with Gasteiger partial charge in [0, 0.05) is 0 Å². The molecule has 0 aliphatic heterocycles. The van der Waals surface area contributed by atoms with E-state index in [0.717, 1.165) is 5.56 Å². The smallest absolute Gasteiger partial charge is 0.237 e. The lowest BCUT2D eigenvalue weighted by molar-refractivity contribution is -0.122. The predicted octanol–water partition coefficient (Wildman–Crippen LogP) is 1.63. The average Bonchev–Trinajstić information content (AvgIpc) is 2.19. The molecule has 0 aromatic heterocycles. The predicted molar refractivity (Wildman–Crippen MR) is 63.9 cm³/mol. The molecule has 1 rings (SSSR count). The molecule has 4 heteroatoms. The molecule has 1 amide bonds. The highest BCUT2D eigenvalue weighted by Gasteiger charge is 2.11. The van der Waals surface area contributed by atoms with Crippen LogP contribution in [0.5, 0.6) is 0 Å². The zero-order chi connectivity index (χ0) is 10.6. The molecule has 0 spiro atoms. The van der Waals surface area contributed by atoms with Crippen molar-refractivity contribution in [3.05, 3.63) is 35.9 Å². The fourth-order valence-corrected chi connectivity index (χ4v) is 1.17. The summed E-state index contributed by atoms with van der Waals surface area (Å²) in [6.45, 7) is 3.61. The molecule has 0 saturated carbocycles. The van der Waals surface area contributed by atoms with E-state index in [9.17, 15) is 4.79 Å². The summed E-state index contributed by atoms with van der Waals surface area (Å²) < 4.78 is 0. The lowest BCUT2D eigenvalue weighted by Gasteiger charge is -2.15. The molecule has 0 saturated heterocycles. The van der Waals surface area contributed by atoms with Gasteiger partial charge in [0.15, 0.2) is 0 Å². The lowest BCUT2D eigenvalue weighted by Crippen LogP contribution is -2.39. The van der Waals surface area contributed by atoms with Crippen LogP contribution in [0.4, 0.5) is 0 Å². The lowest BCUT2D eigenvalue weighted by atomic mass is 10.1. The van der Waals surface area contributed by atoms with Crippen LogP contribution in [-0.2, 0) is 4.79 Å². The van der Waals surface area contributed by atoms with Crippen LogP contribution < -0.4 is 11.1 Å². The Labute approximate surface area is 96.5 Å². The molecule has 15 heavy (non-hydrogen) atoms. The van der Waals surface area contributed by atoms with Gasteiger partial charge in [-0.05, 0) is 19.4 Å². The molecule has 0 radical (unpaired) electrons. The topological polar surface area (TPSA) is 55.1 Å². The third-order valence-corrected chi connectivity index (χ3v) is 2.07. The largest absolute Gasteiger partial charge is 0.348 e. The average molecular weight is 229 g/mol. The number of rotatable bonds is 3. The molecular weight excluding hydrogens is 212 g/mol. The molecule has 0 bridgehead atoms. The van der Waals surface area contributed by atoms with Crippen molar-refractivity contribution in [2.45, 2.75) is 25.9 Å². The number of benzene rings is 1. The Bertz CT molecular complexity index is 301. The van der Waals surface area contributed by atoms with Gasteiger partial charge < -0.3 is 11.1 Å². The summed E-state index contributed by atoms with van der Waals surface area (Å²) in [5, 5.41) is 2.83. The van der Waals surface area contributed by atoms with Crippen molar-refractivity contribution in [1.29, 1.82) is 0 Å². The Morgan fingerprint density at radius 3 is 2.27 bits per heavy atom. The van der Waals surface area contributed by atoms with Gasteiger partial charge in [0.25, 0.3) is 0 Å². The molecule has 2 atom stereocenters. The van der Waals surface area contributed by atoms with Crippen LogP contribution in [0.3, 0.4) is 0 Å². The summed E-state index contributed by atoms with van der Waals surface area (Å²) in [5.41, 5.74) is 6.53. The number of nitrogens with two attached hydrogens (primary N) is 1. The normalized spacial score (nSPS) is 13.5. The van der Waals surface area contributed by atoms with Crippen molar-refractivity contribution in [1.82, 2.24) is 5.32 Å². The first-order valence-corrected chi connectivity index (χ1v) is 4.72. The van der Waals surface area contributed by atoms with Crippen LogP contribution in [0.2, 0.25) is 0 Å². The third kappa shape index (κ3) is 4.32. The van der Waals surface area contributed by atoms with Crippen LogP contribution >= 0.6 is 12.4 Å². The van der Waals surface area contributed by atoms with E-state index in [2.05, 4.69) is 5.32 Å². The van der Waals surface area contributed by atoms with Crippen molar-refractivity contribution in [2.75, 3.05) is 0 Å². The summed E-state index contributed by atoms with van der Waals surface area (Å²) in [7, 11) is 0. The Kier molecular flexibility index (Phi) is 5.97. The Hall–Kier alpha value is -1.06. The molecule has 1 aromatic carbocycles. The number of nitrogens with one attached hydrogen (secondary N) is 1. The van der Waals surface area contributed by atoms with Gasteiger partial charge in [-0.3, -0.25) is 4.79 Å². The van der Waals surface area contributed by atoms with Crippen LogP contribution in [-0.4, -0.2) is 11.9 Å². The summed E-state index contributed by atoms with van der Waals surface area (Å²) in [5.74, 6) is -0.124. The van der Waals surface area contributed by atoms with E-state index >= 15 is 0 Å². The first-order chi connectivity index (χ1) is 6.61. The highest BCUT2D eigenvalue weighted by atomic mass is 35.5. The minimum Gasteiger partial charge on any atom is -0.348 e. The number of hydrogen-bond acceptors (Lipinski definition) is 2. The highest BCUT2D eigenvalue weighted by molar-refractivity contribution is 5.85. The summed E-state index contributed by atoms with van der Waals surface area (Å²) >= 11 is 0. The maximum absolute atomic E-state index is 11.3. The molecule has 1 aromatic rings. The first-order valence-electron chi connectivity index (χ1n) is 4.72. The minimum absolute atomic E-state index is 0. The molecule has 3 nitrogen and oxygen atoms in total. The second-order valence-electron chi connectivity index (χ2n) is 3.43. The van der Waals surface area contributed by atoms with Gasteiger partial charge in [-0.15, -0.1) is 12.4 Å². The minimum atomic E-state index is -0.457. The number of carbonyl (C=O) groups excluding carboxylic acids is 1. The van der Waals surface area contributed by atoms with Crippen molar-refractivity contribution < 1.29 is 4.79 Å². The standard InChI is InChI=1S/C11H16N2O.ClH/c1-8(12)11(14)13-9(2)10-6-4-3-5-7-10;/h3-9H,12H2,1-2H3,(H,13,14);1H/t8-,9+;/m0./s1. The van der Waals surface area contributed by atoms with E-state index in [0.29, 0.717) is 0 Å². The fraction of sp³-hybridized carbons (Fsp3) is 0.364. The molecular formula is C11H17ClN2O. The van der Waals surface area contributed by atoms with Crippen LogP contribution in [0.1, 0.15) is 25.5 Å². The van der Waals surface area contributed by atoms with E-state index < -0.39 is 6.04 Å². The van der Waals surface area contributed by atoms with Gasteiger partial charge in [-0.1, -0.05) is 30.3 Å². The summed E-state index contributed by atoms with van der Waals surface area (Å²) in [6.07, 6.45) is 0. The molecule has 3 N–H and O–H groups in total. The second kappa shape index (κ2) is 6.43. The van der Waals surface area contributed by atoms with Crippen molar-refractivity contribution in [2.24, 2.45) is 5.73 Å². The van der Waals surface area contributed by atoms with E-state index in [1.807, 2.05) is 37.3 Å². The van der Waals surface area contributed by atoms with Gasteiger partial charge in [-0.25, -0.2) is 0 Å². The molecule has 0 aliphatic rings. The number of hydrogen-bond donors (Lipinski definition) is 2. The zero-order valence-corrected chi connectivity index (χ0v) is 9.75. The van der Waals surface area contributed by atoms with E-state index in [-0.39, 0.29) is 24.4 Å². The summed E-state index contributed by atoms with van der Waals surface area (Å²) in [6, 6.07) is 9.35.